The molecule has 2 saturated heterocycles. The summed E-state index contributed by atoms with van der Waals surface area (Å²) in [6.45, 7) is 3.68. The van der Waals surface area contributed by atoms with Gasteiger partial charge < -0.3 is 29.7 Å². The van der Waals surface area contributed by atoms with Gasteiger partial charge in [0.15, 0.2) is 0 Å². The van der Waals surface area contributed by atoms with E-state index in [1.54, 1.807) is 11.0 Å². The van der Waals surface area contributed by atoms with Gasteiger partial charge in [0, 0.05) is 30.0 Å². The molecule has 4 heterocycles. The maximum atomic E-state index is 14.2. The van der Waals surface area contributed by atoms with Crippen molar-refractivity contribution in [3.63, 3.8) is 0 Å². The molecule has 1 aromatic carbocycles. The van der Waals surface area contributed by atoms with Crippen LogP contribution in [-0.4, -0.2) is 88.6 Å². The van der Waals surface area contributed by atoms with E-state index in [1.165, 1.54) is 4.90 Å². The number of rotatable bonds is 4. The zero-order valence-electron chi connectivity index (χ0n) is 22.5. The molecule has 2 N–H and O–H groups in total. The van der Waals surface area contributed by atoms with Gasteiger partial charge in [-0.1, -0.05) is 58.4 Å². The molecule has 40 heavy (non-hydrogen) atoms. The summed E-state index contributed by atoms with van der Waals surface area (Å²) in [7, 11) is 0. The van der Waals surface area contributed by atoms with Gasteiger partial charge in [0.1, 0.15) is 29.8 Å². The molecular formula is C29H34BrN3O7. The van der Waals surface area contributed by atoms with E-state index in [0.29, 0.717) is 16.5 Å². The molecule has 0 aliphatic carbocycles. The van der Waals surface area contributed by atoms with Crippen LogP contribution < -0.4 is 5.32 Å². The van der Waals surface area contributed by atoms with E-state index in [-0.39, 0.29) is 50.5 Å². The second kappa shape index (κ2) is 11.5. The number of hydrogen-bond donors (Lipinski definition) is 2. The van der Waals surface area contributed by atoms with E-state index in [2.05, 4.69) is 21.2 Å². The predicted molar refractivity (Wildman–Crippen MR) is 148 cm³/mol. The number of aliphatic hydroxyl groups excluding tert-OH is 1. The van der Waals surface area contributed by atoms with Crippen LogP contribution in [0.3, 0.4) is 0 Å². The third kappa shape index (κ3) is 4.88. The molecule has 0 aromatic heterocycles. The summed E-state index contributed by atoms with van der Waals surface area (Å²) < 4.78 is 13.0. The van der Waals surface area contributed by atoms with E-state index in [0.717, 1.165) is 0 Å². The molecule has 4 aliphatic rings. The first-order valence-corrected chi connectivity index (χ1v) is 14.4. The molecule has 5 rings (SSSR count). The van der Waals surface area contributed by atoms with Crippen molar-refractivity contribution in [1.29, 1.82) is 0 Å². The number of hydrogen-bond acceptors (Lipinski definition) is 7. The van der Waals surface area contributed by atoms with Crippen molar-refractivity contribution in [2.45, 2.75) is 56.6 Å². The lowest BCUT2D eigenvalue weighted by Gasteiger charge is -2.37. The van der Waals surface area contributed by atoms with E-state index in [4.69, 9.17) is 9.47 Å². The number of esters is 1. The molecule has 3 amide bonds. The second-order valence-electron chi connectivity index (χ2n) is 10.8. The van der Waals surface area contributed by atoms with Gasteiger partial charge in [-0.05, 0) is 31.9 Å². The van der Waals surface area contributed by atoms with E-state index < -0.39 is 47.6 Å². The molecule has 0 unspecified atom stereocenters. The first-order valence-electron chi connectivity index (χ1n) is 13.6. The average Bonchev–Trinajstić information content (AvgIpc) is 3.51. The Morgan fingerprint density at radius 3 is 2.58 bits per heavy atom. The molecule has 1 spiro atoms. The molecular weight excluding hydrogens is 582 g/mol. The molecule has 214 valence electrons. The van der Waals surface area contributed by atoms with Crippen LogP contribution in [0.2, 0.25) is 0 Å². The normalized spacial score (nSPS) is 33.6. The SMILES string of the molecule is CC(C)N1C/C=C\CCC(=O)NC[C@H](c2ccccc2)OC(=O)[C@H]2[C@@H]3O[C@@]4(C=C3Br)[C@@H]2C(=O)N(CCO)[C@@H]4C1=O. The molecule has 6 atom stereocenters. The highest BCUT2D eigenvalue weighted by Crippen LogP contribution is 2.59. The summed E-state index contributed by atoms with van der Waals surface area (Å²) in [5.41, 5.74) is -0.694. The van der Waals surface area contributed by atoms with Gasteiger partial charge in [0.25, 0.3) is 0 Å². The summed E-state index contributed by atoms with van der Waals surface area (Å²) in [6.07, 6.45) is 4.55. The van der Waals surface area contributed by atoms with Gasteiger partial charge in [-0.15, -0.1) is 0 Å². The van der Waals surface area contributed by atoms with Crippen LogP contribution >= 0.6 is 15.9 Å². The fraction of sp³-hybridized carbons (Fsp3) is 0.517. The summed E-state index contributed by atoms with van der Waals surface area (Å²) >= 11 is 3.52. The number of nitrogens with one attached hydrogen (secondary N) is 1. The monoisotopic (exact) mass is 615 g/mol. The molecule has 10 nitrogen and oxygen atoms in total. The van der Waals surface area contributed by atoms with Crippen molar-refractivity contribution in [2.24, 2.45) is 11.8 Å². The molecule has 0 radical (unpaired) electrons. The number of ether oxygens (including phenoxy) is 2. The van der Waals surface area contributed by atoms with Crippen molar-refractivity contribution in [3.05, 3.63) is 58.6 Å². The number of likely N-dealkylation sites (tertiary alicyclic amines) is 1. The summed E-state index contributed by atoms with van der Waals surface area (Å²) in [6, 6.07) is 7.82. The molecule has 4 aliphatic heterocycles. The smallest absolute Gasteiger partial charge is 0.313 e. The number of carbonyl (C=O) groups is 4. The highest BCUT2D eigenvalue weighted by molar-refractivity contribution is 9.11. The lowest BCUT2D eigenvalue weighted by atomic mass is 9.74. The van der Waals surface area contributed by atoms with E-state index in [1.807, 2.05) is 56.3 Å². The minimum atomic E-state index is -1.39. The second-order valence-corrected chi connectivity index (χ2v) is 11.7. The lowest BCUT2D eigenvalue weighted by molar-refractivity contribution is -0.160. The third-order valence-electron chi connectivity index (χ3n) is 8.10. The molecule has 5 bridgehead atoms. The average molecular weight is 617 g/mol. The zero-order chi connectivity index (χ0) is 28.6. The Bertz CT molecular complexity index is 1240. The van der Waals surface area contributed by atoms with Gasteiger partial charge in [-0.2, -0.15) is 0 Å². The van der Waals surface area contributed by atoms with Crippen molar-refractivity contribution in [3.8, 4) is 0 Å². The Labute approximate surface area is 241 Å². The van der Waals surface area contributed by atoms with Crippen LogP contribution in [0.25, 0.3) is 0 Å². The van der Waals surface area contributed by atoms with Gasteiger partial charge >= 0.3 is 5.97 Å². The summed E-state index contributed by atoms with van der Waals surface area (Å²) in [4.78, 5) is 57.6. The largest absolute Gasteiger partial charge is 0.455 e. The van der Waals surface area contributed by atoms with Gasteiger partial charge in [0.2, 0.25) is 17.7 Å². The third-order valence-corrected chi connectivity index (χ3v) is 8.78. The lowest BCUT2D eigenvalue weighted by Crippen LogP contribution is -2.57. The Balaban J connectivity index is 1.58. The standard InChI is InChI=1S/C29H34BrN3O7/c1-17(2)32-12-8-4-7-11-21(35)31-16-20(18-9-5-3-6-10-18)39-28(38)22-23-26(36)33(13-14-34)25(27(32)37)29(23)15-19(30)24(22)40-29/h3-6,8-10,15,17,20,22-25,34H,7,11-14,16H2,1-2H3,(H,31,35)/b8-4-/t20-,22-,23+,24-,25-,29+/m1/s1. The molecule has 2 fully saturated rings. The van der Waals surface area contributed by atoms with Crippen LogP contribution in [0, 0.1) is 11.8 Å². The minimum Gasteiger partial charge on any atom is -0.455 e. The van der Waals surface area contributed by atoms with Crippen LogP contribution in [0.15, 0.2) is 53.0 Å². The topological polar surface area (TPSA) is 125 Å². The summed E-state index contributed by atoms with van der Waals surface area (Å²) in [5.74, 6) is -3.63. The number of aliphatic hydroxyl groups is 1. The van der Waals surface area contributed by atoms with Gasteiger partial charge in [0.05, 0.1) is 19.1 Å². The van der Waals surface area contributed by atoms with Crippen LogP contribution in [0.5, 0.6) is 0 Å². The quantitative estimate of drug-likeness (QED) is 0.391. The first kappa shape index (κ1) is 28.5. The summed E-state index contributed by atoms with van der Waals surface area (Å²) in [5, 5.41) is 12.7. The molecule has 11 heteroatoms. The minimum absolute atomic E-state index is 0.0657. The first-order chi connectivity index (χ1) is 19.2. The maximum absolute atomic E-state index is 14.2. The maximum Gasteiger partial charge on any atom is 0.313 e. The number of carbonyl (C=O) groups excluding carboxylic acids is 4. The number of fused-ring (bicyclic) bond motifs is 2. The zero-order valence-corrected chi connectivity index (χ0v) is 24.1. The number of nitrogens with zero attached hydrogens (tertiary/aromatic N) is 2. The van der Waals surface area contributed by atoms with Crippen molar-refractivity contribution in [1.82, 2.24) is 15.1 Å². The van der Waals surface area contributed by atoms with Crippen LogP contribution in [0.1, 0.15) is 38.4 Å². The number of β-amino-alcohol motifs (C(OH)–C–C–N with tert-alkyl or cyclic N) is 1. The van der Waals surface area contributed by atoms with Crippen molar-refractivity contribution in [2.75, 3.05) is 26.2 Å². The van der Waals surface area contributed by atoms with Gasteiger partial charge in [-0.25, -0.2) is 0 Å². The highest BCUT2D eigenvalue weighted by Gasteiger charge is 2.75. The van der Waals surface area contributed by atoms with Gasteiger partial charge in [-0.3, -0.25) is 19.2 Å². The number of halogens is 1. The number of cyclic esters (lactones) is 1. The van der Waals surface area contributed by atoms with Crippen molar-refractivity contribution >= 4 is 39.6 Å². The highest BCUT2D eigenvalue weighted by atomic mass is 79.9. The number of benzene rings is 1. The number of amides is 3. The fourth-order valence-electron chi connectivity index (χ4n) is 6.26. The Kier molecular flexibility index (Phi) is 8.17. The van der Waals surface area contributed by atoms with Crippen LogP contribution in [-0.2, 0) is 28.7 Å². The van der Waals surface area contributed by atoms with E-state index >= 15 is 0 Å². The van der Waals surface area contributed by atoms with E-state index in [9.17, 15) is 24.3 Å². The molecule has 1 aromatic rings. The Morgan fingerprint density at radius 2 is 1.88 bits per heavy atom. The number of allylic oxidation sites excluding steroid dienone is 1. The Morgan fingerprint density at radius 1 is 1.12 bits per heavy atom. The fourth-order valence-corrected chi connectivity index (χ4v) is 6.99. The Hall–Kier alpha value is -3.02. The predicted octanol–water partition coefficient (Wildman–Crippen LogP) is 1.84. The van der Waals surface area contributed by atoms with Crippen LogP contribution in [0.4, 0.5) is 0 Å². The molecule has 0 saturated carbocycles. The van der Waals surface area contributed by atoms with Crippen molar-refractivity contribution < 1.29 is 33.8 Å².